The third-order valence-electron chi connectivity index (χ3n) is 2.26. The molecular weight excluding hydrogens is 268 g/mol. The highest BCUT2D eigenvalue weighted by molar-refractivity contribution is 7.71. The van der Waals surface area contributed by atoms with Gasteiger partial charge in [-0.3, -0.25) is 9.89 Å². The Bertz CT molecular complexity index is 707. The zero-order valence-electron chi connectivity index (χ0n) is 9.90. The first-order valence-corrected chi connectivity index (χ1v) is 5.61. The van der Waals surface area contributed by atoms with E-state index in [1.165, 1.54) is 19.4 Å². The fourth-order valence-electron chi connectivity index (χ4n) is 1.35. The molecule has 19 heavy (non-hydrogen) atoms. The number of aromatic amines is 1. The van der Waals surface area contributed by atoms with Gasteiger partial charge in [-0.15, -0.1) is 0 Å². The zero-order valence-corrected chi connectivity index (χ0v) is 10.7. The fourth-order valence-corrected chi connectivity index (χ4v) is 1.54. The number of aromatic hydroxyl groups is 1. The second kappa shape index (κ2) is 5.44. The van der Waals surface area contributed by atoms with Gasteiger partial charge in [0, 0.05) is 0 Å². The van der Waals surface area contributed by atoms with Gasteiger partial charge in [0.1, 0.15) is 6.20 Å². The van der Waals surface area contributed by atoms with Crippen molar-refractivity contribution in [3.63, 3.8) is 0 Å². The molecule has 0 saturated heterocycles. The molecule has 0 aliphatic carbocycles. The highest BCUT2D eigenvalue weighted by Crippen LogP contribution is 2.25. The van der Waals surface area contributed by atoms with Crippen LogP contribution in [-0.4, -0.2) is 33.3 Å². The van der Waals surface area contributed by atoms with Crippen LogP contribution in [0.4, 0.5) is 0 Å². The summed E-state index contributed by atoms with van der Waals surface area (Å²) >= 11 is 4.89. The number of phenols is 1. The van der Waals surface area contributed by atoms with Crippen LogP contribution in [0.25, 0.3) is 0 Å². The maximum atomic E-state index is 11.5. The van der Waals surface area contributed by atoms with E-state index in [0.717, 1.165) is 10.9 Å². The lowest BCUT2D eigenvalue weighted by Gasteiger charge is -2.03. The minimum Gasteiger partial charge on any atom is -0.504 e. The van der Waals surface area contributed by atoms with Crippen molar-refractivity contribution in [3.05, 3.63) is 45.1 Å². The summed E-state index contributed by atoms with van der Waals surface area (Å²) in [6, 6.07) is 4.68. The van der Waals surface area contributed by atoms with Crippen molar-refractivity contribution in [1.29, 1.82) is 0 Å². The second-order valence-electron chi connectivity index (χ2n) is 3.50. The number of hydrogen-bond donors (Lipinski definition) is 2. The standard InChI is InChI=1S/C11H10N4O3S/c1-18-9-4-7(2-3-8(9)16)5-13-15-10(17)6-12-14-11(15)19/h2-6,16H,1H3,(H,14,19)/b13-5+. The zero-order chi connectivity index (χ0) is 13.8. The van der Waals surface area contributed by atoms with Gasteiger partial charge in [0.05, 0.1) is 13.3 Å². The van der Waals surface area contributed by atoms with Crippen LogP contribution < -0.4 is 10.3 Å². The van der Waals surface area contributed by atoms with Gasteiger partial charge in [0.25, 0.3) is 5.56 Å². The fraction of sp³-hybridized carbons (Fsp3) is 0.0909. The van der Waals surface area contributed by atoms with Crippen LogP contribution in [0.15, 0.2) is 34.3 Å². The van der Waals surface area contributed by atoms with Crippen molar-refractivity contribution >= 4 is 18.4 Å². The van der Waals surface area contributed by atoms with Gasteiger partial charge in [0.15, 0.2) is 11.5 Å². The quantitative estimate of drug-likeness (QED) is 0.642. The molecule has 2 rings (SSSR count). The first kappa shape index (κ1) is 13.0. The van der Waals surface area contributed by atoms with E-state index < -0.39 is 5.56 Å². The van der Waals surface area contributed by atoms with Gasteiger partial charge in [-0.2, -0.15) is 14.9 Å². The Morgan fingerprint density at radius 1 is 1.58 bits per heavy atom. The van der Waals surface area contributed by atoms with Crippen LogP contribution in [0.1, 0.15) is 5.56 Å². The Hall–Kier alpha value is -2.48. The molecule has 98 valence electrons. The third kappa shape index (κ3) is 2.86. The van der Waals surface area contributed by atoms with Gasteiger partial charge in [-0.05, 0) is 36.0 Å². The third-order valence-corrected chi connectivity index (χ3v) is 2.53. The average Bonchev–Trinajstić information content (AvgIpc) is 2.40. The molecule has 0 aliphatic heterocycles. The molecule has 0 radical (unpaired) electrons. The topological polar surface area (TPSA) is 92.5 Å². The number of benzene rings is 1. The Kier molecular flexibility index (Phi) is 3.71. The Labute approximate surface area is 112 Å². The van der Waals surface area contributed by atoms with Crippen molar-refractivity contribution in [2.75, 3.05) is 7.11 Å². The molecule has 8 heteroatoms. The summed E-state index contributed by atoms with van der Waals surface area (Å²) in [5.41, 5.74) is 0.207. The number of hydrogen-bond acceptors (Lipinski definition) is 6. The molecule has 1 heterocycles. The smallest absolute Gasteiger partial charge is 0.293 e. The van der Waals surface area contributed by atoms with Crippen LogP contribution in [-0.2, 0) is 0 Å². The van der Waals surface area contributed by atoms with Gasteiger partial charge in [-0.1, -0.05) is 0 Å². The molecule has 2 N–H and O–H groups in total. The molecule has 7 nitrogen and oxygen atoms in total. The van der Waals surface area contributed by atoms with Gasteiger partial charge in [-0.25, -0.2) is 0 Å². The minimum absolute atomic E-state index is 0.0259. The second-order valence-corrected chi connectivity index (χ2v) is 3.89. The SMILES string of the molecule is COc1cc(/C=N/n2c(=O)cn[nH]c2=S)ccc1O. The largest absolute Gasteiger partial charge is 0.504 e. The van der Waals surface area contributed by atoms with Crippen molar-refractivity contribution in [3.8, 4) is 11.5 Å². The van der Waals surface area contributed by atoms with E-state index in [4.69, 9.17) is 17.0 Å². The molecule has 0 aliphatic rings. The molecule has 2 aromatic rings. The summed E-state index contributed by atoms with van der Waals surface area (Å²) < 4.78 is 6.06. The number of phenolic OH excluding ortho intramolecular Hbond substituents is 1. The molecule has 1 aromatic carbocycles. The highest BCUT2D eigenvalue weighted by atomic mass is 32.1. The highest BCUT2D eigenvalue weighted by Gasteiger charge is 2.01. The Morgan fingerprint density at radius 2 is 2.37 bits per heavy atom. The van der Waals surface area contributed by atoms with Crippen LogP contribution in [0.3, 0.4) is 0 Å². The number of nitrogens with one attached hydrogen (secondary N) is 1. The lowest BCUT2D eigenvalue weighted by molar-refractivity contribution is 0.373. The van der Waals surface area contributed by atoms with Gasteiger partial charge < -0.3 is 9.84 Å². The summed E-state index contributed by atoms with van der Waals surface area (Å²) in [6.07, 6.45) is 2.50. The van der Waals surface area contributed by atoms with Crippen LogP contribution in [0.5, 0.6) is 11.5 Å². The number of nitrogens with zero attached hydrogens (tertiary/aromatic N) is 3. The summed E-state index contributed by atoms with van der Waals surface area (Å²) in [5, 5.41) is 19.4. The summed E-state index contributed by atoms with van der Waals surface area (Å²) in [6.45, 7) is 0. The molecule has 0 saturated carbocycles. The predicted molar refractivity (Wildman–Crippen MR) is 71.3 cm³/mol. The van der Waals surface area contributed by atoms with Crippen LogP contribution >= 0.6 is 12.2 Å². The normalized spacial score (nSPS) is 10.8. The van der Waals surface area contributed by atoms with Crippen LogP contribution in [0.2, 0.25) is 0 Å². The number of rotatable bonds is 3. The number of ether oxygens (including phenoxy) is 1. The minimum atomic E-state index is -0.439. The predicted octanol–water partition coefficient (Wildman–Crippen LogP) is 0.897. The maximum Gasteiger partial charge on any atom is 0.293 e. The van der Waals surface area contributed by atoms with E-state index in [9.17, 15) is 9.90 Å². The molecule has 0 bridgehead atoms. The lowest BCUT2D eigenvalue weighted by Crippen LogP contribution is -2.18. The number of methoxy groups -OCH3 is 1. The van der Waals surface area contributed by atoms with Crippen molar-refractivity contribution in [2.24, 2.45) is 5.10 Å². The molecule has 0 atom stereocenters. The van der Waals surface area contributed by atoms with Crippen molar-refractivity contribution < 1.29 is 9.84 Å². The molecule has 0 fully saturated rings. The average molecular weight is 278 g/mol. The molecule has 0 unspecified atom stereocenters. The van der Waals surface area contributed by atoms with Gasteiger partial charge >= 0.3 is 0 Å². The molecule has 0 spiro atoms. The summed E-state index contributed by atoms with van der Waals surface area (Å²) in [7, 11) is 1.44. The molecule has 0 amide bonds. The van der Waals surface area contributed by atoms with E-state index >= 15 is 0 Å². The molecular formula is C11H10N4O3S. The van der Waals surface area contributed by atoms with E-state index in [1.807, 2.05) is 0 Å². The number of aromatic nitrogens is 3. The van der Waals surface area contributed by atoms with E-state index in [-0.39, 0.29) is 10.5 Å². The summed E-state index contributed by atoms with van der Waals surface area (Å²) in [5.74, 6) is 0.342. The Balaban J connectivity index is 2.38. The lowest BCUT2D eigenvalue weighted by atomic mass is 10.2. The van der Waals surface area contributed by atoms with Crippen molar-refractivity contribution in [1.82, 2.24) is 14.9 Å². The Morgan fingerprint density at radius 3 is 3.05 bits per heavy atom. The van der Waals surface area contributed by atoms with E-state index in [2.05, 4.69) is 15.3 Å². The van der Waals surface area contributed by atoms with Gasteiger partial charge in [0.2, 0.25) is 4.77 Å². The summed E-state index contributed by atoms with van der Waals surface area (Å²) in [4.78, 5) is 11.5. The molecule has 1 aromatic heterocycles. The van der Waals surface area contributed by atoms with E-state index in [1.54, 1.807) is 12.1 Å². The monoisotopic (exact) mass is 278 g/mol. The van der Waals surface area contributed by atoms with Crippen LogP contribution in [0, 0.1) is 4.77 Å². The first-order valence-electron chi connectivity index (χ1n) is 5.20. The first-order chi connectivity index (χ1) is 9.11. The van der Waals surface area contributed by atoms with Crippen molar-refractivity contribution in [2.45, 2.75) is 0 Å². The maximum absolute atomic E-state index is 11.5. The number of H-pyrrole nitrogens is 1. The van der Waals surface area contributed by atoms with E-state index in [0.29, 0.717) is 11.3 Å².